The van der Waals surface area contributed by atoms with Crippen LogP contribution in [0.3, 0.4) is 0 Å². The fourth-order valence-corrected chi connectivity index (χ4v) is 3.45. The van der Waals surface area contributed by atoms with Gasteiger partial charge in [-0.1, -0.05) is 53.5 Å². The lowest BCUT2D eigenvalue weighted by atomic mass is 9.86. The van der Waals surface area contributed by atoms with E-state index in [1.54, 1.807) is 12.3 Å². The Morgan fingerprint density at radius 1 is 0.767 bits per heavy atom. The van der Waals surface area contributed by atoms with Crippen LogP contribution in [-0.2, 0) is 0 Å². The highest BCUT2D eigenvalue weighted by atomic mass is 35.5. The number of hydrogen-bond acceptors (Lipinski definition) is 4. The third-order valence-electron chi connectivity index (χ3n) is 4.70. The zero-order valence-electron chi connectivity index (χ0n) is 16.3. The van der Waals surface area contributed by atoms with Crippen LogP contribution in [0.2, 0.25) is 10.0 Å². The van der Waals surface area contributed by atoms with E-state index in [-0.39, 0.29) is 11.6 Å². The van der Waals surface area contributed by atoms with Gasteiger partial charge >= 0.3 is 5.97 Å². The average molecular weight is 444 g/mol. The predicted molar refractivity (Wildman–Crippen MR) is 121 cm³/mol. The van der Waals surface area contributed by atoms with E-state index in [1.807, 2.05) is 48.5 Å². The molecule has 2 aromatic carbocycles. The first-order valence-corrected chi connectivity index (χ1v) is 10.4. The van der Waals surface area contributed by atoms with E-state index in [0.717, 1.165) is 42.9 Å². The van der Waals surface area contributed by atoms with Crippen LogP contribution in [0.25, 0.3) is 0 Å². The molecule has 1 aromatic heterocycles. The monoisotopic (exact) mass is 443 g/mol. The van der Waals surface area contributed by atoms with Gasteiger partial charge in [0.25, 0.3) is 0 Å². The zero-order valence-corrected chi connectivity index (χ0v) is 17.8. The maximum Gasteiger partial charge on any atom is 0.354 e. The van der Waals surface area contributed by atoms with Crippen LogP contribution in [0.1, 0.15) is 33.1 Å². The number of carbonyl (C=O) groups is 1. The molecule has 0 saturated carbocycles. The number of nitrogens with one attached hydrogen (secondary N) is 2. The minimum Gasteiger partial charge on any atom is -0.477 e. The van der Waals surface area contributed by atoms with Crippen LogP contribution in [0.15, 0.2) is 66.9 Å². The maximum atomic E-state index is 11.0. The number of nitrogens with zero attached hydrogens (tertiary/aromatic N) is 1. The Morgan fingerprint density at radius 3 is 1.53 bits per heavy atom. The minimum absolute atomic E-state index is 0.0183. The van der Waals surface area contributed by atoms with E-state index < -0.39 is 5.97 Å². The van der Waals surface area contributed by atoms with Gasteiger partial charge in [0, 0.05) is 48.3 Å². The third kappa shape index (κ3) is 6.28. The first kappa shape index (κ1) is 22.2. The van der Waals surface area contributed by atoms with Gasteiger partial charge in [0.05, 0.1) is 0 Å². The van der Waals surface area contributed by atoms with Crippen LogP contribution in [-0.4, -0.2) is 42.2 Å². The first-order valence-electron chi connectivity index (χ1n) is 9.66. The second kappa shape index (κ2) is 11.1. The summed E-state index contributed by atoms with van der Waals surface area (Å²) < 4.78 is 0. The molecule has 0 radical (unpaired) electrons. The third-order valence-corrected chi connectivity index (χ3v) is 5.21. The van der Waals surface area contributed by atoms with Crippen molar-refractivity contribution in [2.24, 2.45) is 0 Å². The van der Waals surface area contributed by atoms with E-state index in [1.165, 1.54) is 6.07 Å². The van der Waals surface area contributed by atoms with Crippen LogP contribution in [0.5, 0.6) is 0 Å². The molecule has 1 aliphatic rings. The molecule has 0 atom stereocenters. The fraction of sp³-hybridized carbons (Fsp3) is 0.217. The lowest BCUT2D eigenvalue weighted by Gasteiger charge is -2.19. The summed E-state index contributed by atoms with van der Waals surface area (Å²) >= 11 is 12.0. The Bertz CT molecular complexity index is 885. The van der Waals surface area contributed by atoms with E-state index >= 15 is 0 Å². The largest absolute Gasteiger partial charge is 0.477 e. The van der Waals surface area contributed by atoms with Gasteiger partial charge in [0.2, 0.25) is 0 Å². The van der Waals surface area contributed by atoms with E-state index in [4.69, 9.17) is 28.3 Å². The summed E-state index contributed by atoms with van der Waals surface area (Å²) in [5.74, 6) is -1.13. The van der Waals surface area contributed by atoms with Gasteiger partial charge in [-0.2, -0.15) is 0 Å². The van der Waals surface area contributed by atoms with Crippen molar-refractivity contribution in [3.8, 4) is 0 Å². The molecule has 1 aliphatic heterocycles. The highest BCUT2D eigenvalue weighted by Gasteiger charge is 2.18. The number of aromatic nitrogens is 1. The molecule has 3 N–H and O–H groups in total. The van der Waals surface area contributed by atoms with Crippen molar-refractivity contribution in [2.75, 3.05) is 26.2 Å². The average Bonchev–Trinajstić information content (AvgIpc) is 2.78. The Balaban J connectivity index is 0.000000367. The van der Waals surface area contributed by atoms with Gasteiger partial charge in [-0.25, -0.2) is 9.78 Å². The number of aromatic carboxylic acids is 1. The van der Waals surface area contributed by atoms with E-state index in [9.17, 15) is 4.79 Å². The van der Waals surface area contributed by atoms with Crippen molar-refractivity contribution < 1.29 is 9.90 Å². The Morgan fingerprint density at radius 2 is 1.20 bits per heavy atom. The molecule has 0 spiro atoms. The molecule has 0 amide bonds. The highest BCUT2D eigenvalue weighted by Crippen LogP contribution is 2.33. The van der Waals surface area contributed by atoms with E-state index in [2.05, 4.69) is 15.6 Å². The van der Waals surface area contributed by atoms with Crippen LogP contribution in [0, 0.1) is 0 Å². The normalized spacial score (nSPS) is 13.4. The van der Waals surface area contributed by atoms with E-state index in [0.29, 0.717) is 10.0 Å². The molecule has 1 saturated heterocycles. The van der Waals surface area contributed by atoms with Crippen LogP contribution >= 0.6 is 23.2 Å². The Labute approximate surface area is 186 Å². The lowest BCUT2D eigenvalue weighted by Crippen LogP contribution is -2.39. The molecule has 7 heteroatoms. The summed E-state index contributed by atoms with van der Waals surface area (Å²) in [6, 6.07) is 18.4. The standard InChI is InChI=1S/C19H13Cl2NO2.C4H10N2/c20-15-6-1-12(2-7-15)18(13-3-8-16(21)9-4-13)14-5-10-17(19(23)24)22-11-14;1-2-6-4-3-5-1/h1-11,18H,(H,23,24);5-6H,1-4H2. The predicted octanol–water partition coefficient (Wildman–Crippen LogP) is 4.45. The quantitative estimate of drug-likeness (QED) is 0.555. The molecule has 3 aromatic rings. The van der Waals surface area contributed by atoms with Crippen LogP contribution in [0.4, 0.5) is 0 Å². The summed E-state index contributed by atoms with van der Waals surface area (Å²) in [4.78, 5) is 15.0. The van der Waals surface area contributed by atoms with Crippen LogP contribution < -0.4 is 10.6 Å². The fourth-order valence-electron chi connectivity index (χ4n) is 3.19. The summed E-state index contributed by atoms with van der Waals surface area (Å²) in [5.41, 5.74) is 2.98. The van der Waals surface area contributed by atoms with Crippen molar-refractivity contribution >= 4 is 29.2 Å². The number of hydrogen-bond donors (Lipinski definition) is 3. The molecule has 0 bridgehead atoms. The molecule has 5 nitrogen and oxygen atoms in total. The Hall–Kier alpha value is -2.44. The number of carboxylic acid groups (broad SMARTS) is 1. The summed E-state index contributed by atoms with van der Waals surface area (Å²) in [7, 11) is 0. The summed E-state index contributed by atoms with van der Waals surface area (Å²) in [5, 5.41) is 16.8. The van der Waals surface area contributed by atoms with Gasteiger partial charge in [-0.05, 0) is 47.0 Å². The molecule has 156 valence electrons. The van der Waals surface area contributed by atoms with Crippen molar-refractivity contribution in [1.82, 2.24) is 15.6 Å². The van der Waals surface area contributed by atoms with Crippen molar-refractivity contribution in [3.05, 3.63) is 99.3 Å². The lowest BCUT2D eigenvalue weighted by molar-refractivity contribution is 0.0690. The van der Waals surface area contributed by atoms with Gasteiger partial charge in [-0.15, -0.1) is 0 Å². The Kier molecular flexibility index (Phi) is 8.22. The molecule has 0 aliphatic carbocycles. The number of piperazine rings is 1. The molecule has 30 heavy (non-hydrogen) atoms. The van der Waals surface area contributed by atoms with Crippen molar-refractivity contribution in [2.45, 2.75) is 5.92 Å². The second-order valence-electron chi connectivity index (χ2n) is 6.82. The topological polar surface area (TPSA) is 74.2 Å². The number of carboxylic acids is 1. The zero-order chi connectivity index (χ0) is 21.3. The maximum absolute atomic E-state index is 11.0. The SMILES string of the molecule is C1CNCCN1.O=C(O)c1ccc(C(c2ccc(Cl)cc2)c2ccc(Cl)cc2)cn1. The van der Waals surface area contributed by atoms with Gasteiger partial charge in [0.15, 0.2) is 0 Å². The molecular formula is C23H23Cl2N3O2. The number of rotatable bonds is 4. The number of pyridine rings is 1. The molecular weight excluding hydrogens is 421 g/mol. The summed E-state index contributed by atoms with van der Waals surface area (Å²) in [6.45, 7) is 4.56. The van der Waals surface area contributed by atoms with Gasteiger partial charge < -0.3 is 15.7 Å². The van der Waals surface area contributed by atoms with Crippen molar-refractivity contribution in [1.29, 1.82) is 0 Å². The highest BCUT2D eigenvalue weighted by molar-refractivity contribution is 6.30. The molecule has 4 rings (SSSR count). The second-order valence-corrected chi connectivity index (χ2v) is 7.69. The molecule has 1 fully saturated rings. The van der Waals surface area contributed by atoms with Gasteiger partial charge in [0.1, 0.15) is 5.69 Å². The van der Waals surface area contributed by atoms with Gasteiger partial charge in [-0.3, -0.25) is 0 Å². The summed E-state index contributed by atoms with van der Waals surface area (Å²) in [6.07, 6.45) is 1.59. The number of benzene rings is 2. The van der Waals surface area contributed by atoms with Crippen molar-refractivity contribution in [3.63, 3.8) is 0 Å². The first-order chi connectivity index (χ1) is 14.5. The molecule has 2 heterocycles. The minimum atomic E-state index is -1.05. The number of halogens is 2. The smallest absolute Gasteiger partial charge is 0.354 e. The molecule has 0 unspecified atom stereocenters.